The number of ether oxygens (including phenoxy) is 3. The van der Waals surface area contributed by atoms with Gasteiger partial charge >= 0.3 is 0 Å². The molecule has 0 saturated carbocycles. The van der Waals surface area contributed by atoms with E-state index in [1.807, 2.05) is 7.05 Å². The Hall–Kier alpha value is -0.630. The Kier molecular flexibility index (Phi) is 10.8. The SMILES string of the molecule is CNCCOCCOCCOCCn1nnc(CN2CCS(=O)(=O)CC2)c1Br. The number of halogens is 1. The Labute approximate surface area is 174 Å². The summed E-state index contributed by atoms with van der Waals surface area (Å²) in [6, 6.07) is 0. The molecule has 1 aromatic rings. The van der Waals surface area contributed by atoms with Crippen LogP contribution in [0.15, 0.2) is 4.60 Å². The maximum absolute atomic E-state index is 11.5. The second-order valence-corrected chi connectivity index (χ2v) is 9.47. The number of rotatable bonds is 14. The first-order valence-electron chi connectivity index (χ1n) is 9.40. The van der Waals surface area contributed by atoms with E-state index >= 15 is 0 Å². The average molecular weight is 484 g/mol. The van der Waals surface area contributed by atoms with Gasteiger partial charge in [0.2, 0.25) is 0 Å². The average Bonchev–Trinajstić information content (AvgIpc) is 3.01. The van der Waals surface area contributed by atoms with Gasteiger partial charge in [0.05, 0.1) is 57.7 Å². The van der Waals surface area contributed by atoms with Gasteiger partial charge in [-0.15, -0.1) is 5.10 Å². The third kappa shape index (κ3) is 8.80. The molecule has 2 heterocycles. The van der Waals surface area contributed by atoms with Gasteiger partial charge in [0.25, 0.3) is 0 Å². The molecule has 162 valence electrons. The van der Waals surface area contributed by atoms with Gasteiger partial charge in [-0.3, -0.25) is 4.90 Å². The Bertz CT molecular complexity index is 658. The maximum Gasteiger partial charge on any atom is 0.152 e. The van der Waals surface area contributed by atoms with Gasteiger partial charge in [-0.05, 0) is 23.0 Å². The normalized spacial score (nSPS) is 17.2. The Morgan fingerprint density at radius 3 is 2.29 bits per heavy atom. The maximum atomic E-state index is 11.5. The molecular weight excluding hydrogens is 454 g/mol. The van der Waals surface area contributed by atoms with Crippen LogP contribution in [0.2, 0.25) is 0 Å². The van der Waals surface area contributed by atoms with Gasteiger partial charge in [0.15, 0.2) is 9.84 Å². The van der Waals surface area contributed by atoms with Crippen molar-refractivity contribution in [2.45, 2.75) is 13.1 Å². The molecule has 1 N–H and O–H groups in total. The second-order valence-electron chi connectivity index (χ2n) is 6.42. The summed E-state index contributed by atoms with van der Waals surface area (Å²) in [6.07, 6.45) is 0. The third-order valence-corrected chi connectivity index (χ3v) is 6.71. The van der Waals surface area contributed by atoms with E-state index in [1.165, 1.54) is 0 Å². The van der Waals surface area contributed by atoms with Crippen molar-refractivity contribution in [1.29, 1.82) is 0 Å². The zero-order chi connectivity index (χ0) is 20.2. The number of hydrogen-bond donors (Lipinski definition) is 1. The van der Waals surface area contributed by atoms with Crippen LogP contribution in [0.3, 0.4) is 0 Å². The van der Waals surface area contributed by atoms with Crippen LogP contribution in [-0.4, -0.2) is 106 Å². The van der Waals surface area contributed by atoms with E-state index in [-0.39, 0.29) is 11.5 Å². The molecule has 0 aliphatic carbocycles. The topological polar surface area (TPSA) is 108 Å². The highest BCUT2D eigenvalue weighted by Crippen LogP contribution is 2.17. The highest BCUT2D eigenvalue weighted by Gasteiger charge is 2.23. The highest BCUT2D eigenvalue weighted by molar-refractivity contribution is 9.10. The Morgan fingerprint density at radius 2 is 1.64 bits per heavy atom. The molecule has 1 fully saturated rings. The summed E-state index contributed by atoms with van der Waals surface area (Å²) in [4.78, 5) is 2.08. The number of sulfone groups is 1. The van der Waals surface area contributed by atoms with E-state index in [1.54, 1.807) is 4.68 Å². The van der Waals surface area contributed by atoms with Crippen molar-refractivity contribution >= 4 is 25.8 Å². The van der Waals surface area contributed by atoms with Gasteiger partial charge in [0.1, 0.15) is 10.3 Å². The van der Waals surface area contributed by atoms with Crippen molar-refractivity contribution in [2.24, 2.45) is 0 Å². The molecule has 0 radical (unpaired) electrons. The zero-order valence-corrected chi connectivity index (χ0v) is 18.7. The summed E-state index contributed by atoms with van der Waals surface area (Å²) in [5, 5.41) is 11.3. The first-order chi connectivity index (χ1) is 13.5. The fourth-order valence-electron chi connectivity index (χ4n) is 2.56. The van der Waals surface area contributed by atoms with Crippen molar-refractivity contribution in [3.8, 4) is 0 Å². The van der Waals surface area contributed by atoms with Gasteiger partial charge in [-0.25, -0.2) is 13.1 Å². The van der Waals surface area contributed by atoms with Crippen molar-refractivity contribution in [2.75, 3.05) is 77.8 Å². The third-order valence-electron chi connectivity index (χ3n) is 4.24. The number of nitrogens with one attached hydrogen (secondary N) is 1. The molecule has 28 heavy (non-hydrogen) atoms. The van der Waals surface area contributed by atoms with E-state index in [9.17, 15) is 8.42 Å². The zero-order valence-electron chi connectivity index (χ0n) is 16.3. The summed E-state index contributed by atoms with van der Waals surface area (Å²) >= 11 is 3.52. The molecule has 0 aromatic carbocycles. The van der Waals surface area contributed by atoms with Crippen LogP contribution < -0.4 is 5.32 Å². The number of nitrogens with zero attached hydrogens (tertiary/aromatic N) is 4. The molecule has 1 aromatic heterocycles. The quantitative estimate of drug-likeness (QED) is 0.351. The largest absolute Gasteiger partial charge is 0.378 e. The van der Waals surface area contributed by atoms with E-state index in [0.717, 1.165) is 16.8 Å². The predicted octanol–water partition coefficient (Wildman–Crippen LogP) is -0.460. The Morgan fingerprint density at radius 1 is 1.04 bits per heavy atom. The molecule has 0 bridgehead atoms. The highest BCUT2D eigenvalue weighted by atomic mass is 79.9. The number of hydrogen-bond acceptors (Lipinski definition) is 9. The van der Waals surface area contributed by atoms with Crippen LogP contribution in [0.1, 0.15) is 5.69 Å². The van der Waals surface area contributed by atoms with Crippen molar-refractivity contribution in [3.05, 3.63) is 10.3 Å². The minimum absolute atomic E-state index is 0.205. The molecule has 0 unspecified atom stereocenters. The molecule has 0 amide bonds. The molecule has 10 nitrogen and oxygen atoms in total. The summed E-state index contributed by atoms with van der Waals surface area (Å²) in [5.41, 5.74) is 0.806. The van der Waals surface area contributed by atoms with E-state index in [4.69, 9.17) is 14.2 Å². The first kappa shape index (κ1) is 23.6. The van der Waals surface area contributed by atoms with E-state index < -0.39 is 9.84 Å². The van der Waals surface area contributed by atoms with Gasteiger partial charge in [-0.2, -0.15) is 0 Å². The lowest BCUT2D eigenvalue weighted by Gasteiger charge is -2.25. The fourth-order valence-corrected chi connectivity index (χ4v) is 4.29. The summed E-state index contributed by atoms with van der Waals surface area (Å²) in [6.45, 7) is 6.43. The van der Waals surface area contributed by atoms with Crippen LogP contribution in [0, 0.1) is 0 Å². The minimum atomic E-state index is -2.87. The summed E-state index contributed by atoms with van der Waals surface area (Å²) in [5.74, 6) is 0.410. The van der Waals surface area contributed by atoms with Crippen LogP contribution >= 0.6 is 15.9 Å². The fraction of sp³-hybridized carbons (Fsp3) is 0.875. The number of aromatic nitrogens is 3. The number of likely N-dealkylation sites (N-methyl/N-ethyl adjacent to an activating group) is 1. The van der Waals surface area contributed by atoms with Crippen LogP contribution in [0.4, 0.5) is 0 Å². The second kappa shape index (κ2) is 12.8. The molecular formula is C16H30BrN5O5S. The summed E-state index contributed by atoms with van der Waals surface area (Å²) < 4.78 is 41.9. The first-order valence-corrected chi connectivity index (χ1v) is 12.0. The van der Waals surface area contributed by atoms with Crippen molar-refractivity contribution < 1.29 is 22.6 Å². The molecule has 0 atom stereocenters. The van der Waals surface area contributed by atoms with E-state index in [2.05, 4.69) is 36.5 Å². The molecule has 2 rings (SSSR count). The lowest BCUT2D eigenvalue weighted by atomic mass is 10.4. The van der Waals surface area contributed by atoms with Crippen LogP contribution in [0.25, 0.3) is 0 Å². The predicted molar refractivity (Wildman–Crippen MR) is 108 cm³/mol. The minimum Gasteiger partial charge on any atom is -0.378 e. The molecule has 12 heteroatoms. The van der Waals surface area contributed by atoms with Gasteiger partial charge < -0.3 is 19.5 Å². The van der Waals surface area contributed by atoms with Gasteiger partial charge in [0, 0.05) is 26.2 Å². The molecule has 1 aliphatic rings. The molecule has 0 spiro atoms. The molecule has 1 saturated heterocycles. The Balaban J connectivity index is 1.55. The van der Waals surface area contributed by atoms with Crippen LogP contribution in [0.5, 0.6) is 0 Å². The van der Waals surface area contributed by atoms with Crippen molar-refractivity contribution in [3.63, 3.8) is 0 Å². The standard InChI is InChI=1S/C16H30BrN5O5S/c1-18-2-6-25-8-10-27-11-9-26-7-3-22-16(17)15(19-20-22)14-21-4-12-28(23,24)13-5-21/h18H,2-14H2,1H3. The van der Waals surface area contributed by atoms with E-state index in [0.29, 0.717) is 65.8 Å². The smallest absolute Gasteiger partial charge is 0.152 e. The van der Waals surface area contributed by atoms with Gasteiger partial charge in [-0.1, -0.05) is 5.21 Å². The monoisotopic (exact) mass is 483 g/mol. The lowest BCUT2D eigenvalue weighted by Crippen LogP contribution is -2.39. The van der Waals surface area contributed by atoms with Crippen LogP contribution in [-0.2, 0) is 37.1 Å². The molecule has 1 aliphatic heterocycles. The summed E-state index contributed by atoms with van der Waals surface area (Å²) in [7, 11) is -0.985. The lowest BCUT2D eigenvalue weighted by molar-refractivity contribution is 0.0134. The van der Waals surface area contributed by atoms with Crippen molar-refractivity contribution in [1.82, 2.24) is 25.2 Å².